The van der Waals surface area contributed by atoms with Gasteiger partial charge in [0.2, 0.25) is 0 Å². The summed E-state index contributed by atoms with van der Waals surface area (Å²) in [5.74, 6) is 0.567. The standard InChI is InChI=1S/C20H18ClNO4S/c1-3-27(24)18-7-5-4-6-16(18)20(23)26-12-14-10-13-8-9-15(25-2)11-17(13)22-19(14)21/h4-11H,3,12H2,1-2H3. The van der Waals surface area contributed by atoms with Crippen LogP contribution in [-0.4, -0.2) is 28.0 Å². The second kappa shape index (κ2) is 8.50. The topological polar surface area (TPSA) is 65.5 Å². The summed E-state index contributed by atoms with van der Waals surface area (Å²) in [7, 11) is 0.335. The SMILES string of the molecule is CCS(=O)c1ccccc1C(=O)OCc1cc2ccc(OC)cc2nc1Cl. The van der Waals surface area contributed by atoms with Gasteiger partial charge in [0.15, 0.2) is 0 Å². The molecule has 0 radical (unpaired) electrons. The van der Waals surface area contributed by atoms with Crippen LogP contribution in [0.1, 0.15) is 22.8 Å². The van der Waals surface area contributed by atoms with Crippen molar-refractivity contribution in [1.29, 1.82) is 0 Å². The van der Waals surface area contributed by atoms with E-state index in [1.165, 1.54) is 0 Å². The van der Waals surface area contributed by atoms with Gasteiger partial charge in [-0.3, -0.25) is 4.21 Å². The molecule has 0 bridgehead atoms. The summed E-state index contributed by atoms with van der Waals surface area (Å²) in [6.45, 7) is 1.77. The van der Waals surface area contributed by atoms with Crippen LogP contribution in [0.15, 0.2) is 53.4 Å². The second-order valence-corrected chi connectivity index (χ2v) is 7.77. The number of aromatic nitrogens is 1. The normalized spacial score (nSPS) is 12.0. The van der Waals surface area contributed by atoms with E-state index in [2.05, 4.69) is 4.98 Å². The smallest absolute Gasteiger partial charge is 0.339 e. The van der Waals surface area contributed by atoms with E-state index in [4.69, 9.17) is 21.1 Å². The molecular weight excluding hydrogens is 386 g/mol. The molecule has 3 aromatic rings. The van der Waals surface area contributed by atoms with Crippen molar-refractivity contribution < 1.29 is 18.5 Å². The van der Waals surface area contributed by atoms with Gasteiger partial charge < -0.3 is 9.47 Å². The van der Waals surface area contributed by atoms with Crippen LogP contribution in [-0.2, 0) is 22.1 Å². The molecule has 2 aromatic carbocycles. The quantitative estimate of drug-likeness (QED) is 0.451. The van der Waals surface area contributed by atoms with E-state index in [0.717, 1.165) is 5.39 Å². The van der Waals surface area contributed by atoms with Crippen molar-refractivity contribution in [2.75, 3.05) is 12.9 Å². The predicted octanol–water partition coefficient (Wildman–Crippen LogP) is 4.38. The van der Waals surface area contributed by atoms with E-state index in [9.17, 15) is 9.00 Å². The zero-order valence-electron chi connectivity index (χ0n) is 14.9. The third-order valence-corrected chi connectivity index (χ3v) is 5.72. The number of hydrogen-bond acceptors (Lipinski definition) is 5. The summed E-state index contributed by atoms with van der Waals surface area (Å²) in [4.78, 5) is 17.3. The van der Waals surface area contributed by atoms with Gasteiger partial charge in [-0.15, -0.1) is 0 Å². The van der Waals surface area contributed by atoms with Crippen LogP contribution >= 0.6 is 11.6 Å². The first-order valence-electron chi connectivity index (χ1n) is 8.31. The van der Waals surface area contributed by atoms with Crippen molar-refractivity contribution in [2.45, 2.75) is 18.4 Å². The number of carbonyl (C=O) groups excluding carboxylic acids is 1. The van der Waals surface area contributed by atoms with Crippen molar-refractivity contribution in [1.82, 2.24) is 4.98 Å². The van der Waals surface area contributed by atoms with Crippen LogP contribution in [0.4, 0.5) is 0 Å². The molecule has 0 aliphatic heterocycles. The largest absolute Gasteiger partial charge is 0.497 e. The maximum Gasteiger partial charge on any atom is 0.339 e. The molecular formula is C20H18ClNO4S. The number of ether oxygens (including phenoxy) is 2. The molecule has 3 rings (SSSR count). The molecule has 27 heavy (non-hydrogen) atoms. The molecule has 0 aliphatic carbocycles. The fourth-order valence-electron chi connectivity index (χ4n) is 2.61. The summed E-state index contributed by atoms with van der Waals surface area (Å²) in [5, 5.41) is 1.12. The first-order valence-corrected chi connectivity index (χ1v) is 10.0. The highest BCUT2D eigenvalue weighted by Crippen LogP contribution is 2.25. The van der Waals surface area contributed by atoms with Gasteiger partial charge in [-0.05, 0) is 30.3 Å². The molecule has 0 N–H and O–H groups in total. The molecule has 140 valence electrons. The lowest BCUT2D eigenvalue weighted by atomic mass is 10.1. The van der Waals surface area contributed by atoms with Gasteiger partial charge in [-0.25, -0.2) is 9.78 Å². The zero-order valence-corrected chi connectivity index (χ0v) is 16.5. The van der Waals surface area contributed by atoms with Gasteiger partial charge in [0.05, 0.1) is 33.9 Å². The molecule has 0 saturated heterocycles. The highest BCUT2D eigenvalue weighted by Gasteiger charge is 2.17. The Labute approximate surface area is 164 Å². The third kappa shape index (κ3) is 4.28. The zero-order chi connectivity index (χ0) is 19.4. The van der Waals surface area contributed by atoms with E-state index in [-0.39, 0.29) is 11.8 Å². The Kier molecular flexibility index (Phi) is 6.08. The van der Waals surface area contributed by atoms with Gasteiger partial charge >= 0.3 is 5.97 Å². The predicted molar refractivity (Wildman–Crippen MR) is 106 cm³/mol. The van der Waals surface area contributed by atoms with Gasteiger partial charge in [0.1, 0.15) is 17.5 Å². The second-order valence-electron chi connectivity index (χ2n) is 5.70. The van der Waals surface area contributed by atoms with Crippen molar-refractivity contribution in [3.05, 3.63) is 64.8 Å². The van der Waals surface area contributed by atoms with Crippen molar-refractivity contribution in [3.63, 3.8) is 0 Å². The first-order chi connectivity index (χ1) is 13.0. The Morgan fingerprint density at radius 1 is 1.19 bits per heavy atom. The number of benzene rings is 2. The Hall–Kier alpha value is -2.44. The molecule has 5 nitrogen and oxygen atoms in total. The molecule has 1 aromatic heterocycles. The Morgan fingerprint density at radius 3 is 2.70 bits per heavy atom. The minimum Gasteiger partial charge on any atom is -0.497 e. The molecule has 0 saturated carbocycles. The number of methoxy groups -OCH3 is 1. The number of nitrogens with zero attached hydrogens (tertiary/aromatic N) is 1. The van der Waals surface area contributed by atoms with Gasteiger partial charge in [-0.1, -0.05) is 30.7 Å². The van der Waals surface area contributed by atoms with Gasteiger partial charge in [0.25, 0.3) is 0 Å². The van der Waals surface area contributed by atoms with E-state index < -0.39 is 16.8 Å². The number of hydrogen-bond donors (Lipinski definition) is 0. The Morgan fingerprint density at radius 2 is 1.96 bits per heavy atom. The summed E-state index contributed by atoms with van der Waals surface area (Å²) in [5.41, 5.74) is 1.59. The van der Waals surface area contributed by atoms with Crippen LogP contribution in [0.3, 0.4) is 0 Å². The summed E-state index contributed by atoms with van der Waals surface area (Å²) < 4.78 is 22.7. The van der Waals surface area contributed by atoms with Crippen molar-refractivity contribution in [3.8, 4) is 5.75 Å². The molecule has 1 atom stereocenters. The lowest BCUT2D eigenvalue weighted by Gasteiger charge is -2.10. The van der Waals surface area contributed by atoms with E-state index in [1.807, 2.05) is 18.2 Å². The number of fused-ring (bicyclic) bond motifs is 1. The van der Waals surface area contributed by atoms with Gasteiger partial charge in [-0.2, -0.15) is 0 Å². The van der Waals surface area contributed by atoms with Crippen LogP contribution in [0.2, 0.25) is 5.15 Å². The molecule has 0 aliphatic rings. The van der Waals surface area contributed by atoms with E-state index in [0.29, 0.717) is 33.0 Å². The number of halogens is 1. The number of rotatable bonds is 6. The molecule has 1 unspecified atom stereocenters. The minimum atomic E-state index is -1.25. The fourth-order valence-corrected chi connectivity index (χ4v) is 3.74. The molecule has 0 fully saturated rings. The first kappa shape index (κ1) is 19.3. The van der Waals surface area contributed by atoms with Crippen LogP contribution < -0.4 is 4.74 Å². The van der Waals surface area contributed by atoms with Crippen LogP contribution in [0.25, 0.3) is 10.9 Å². The Bertz CT molecular complexity index is 1020. The summed E-state index contributed by atoms with van der Waals surface area (Å²) >= 11 is 6.24. The molecule has 7 heteroatoms. The fraction of sp³-hybridized carbons (Fsp3) is 0.200. The summed E-state index contributed by atoms with van der Waals surface area (Å²) in [6.07, 6.45) is 0. The highest BCUT2D eigenvalue weighted by atomic mass is 35.5. The molecule has 1 heterocycles. The van der Waals surface area contributed by atoms with Crippen molar-refractivity contribution in [2.24, 2.45) is 0 Å². The van der Waals surface area contributed by atoms with Gasteiger partial charge in [0, 0.05) is 22.8 Å². The number of carbonyl (C=O) groups is 1. The number of esters is 1. The number of pyridine rings is 1. The third-order valence-electron chi connectivity index (χ3n) is 4.02. The highest BCUT2D eigenvalue weighted by molar-refractivity contribution is 7.85. The maximum atomic E-state index is 12.5. The summed E-state index contributed by atoms with van der Waals surface area (Å²) in [6, 6.07) is 14.0. The van der Waals surface area contributed by atoms with Crippen LogP contribution in [0.5, 0.6) is 5.75 Å². The van der Waals surface area contributed by atoms with E-state index >= 15 is 0 Å². The molecule has 0 amide bonds. The van der Waals surface area contributed by atoms with Crippen LogP contribution in [0, 0.1) is 0 Å². The van der Waals surface area contributed by atoms with Crippen molar-refractivity contribution >= 4 is 39.3 Å². The van der Waals surface area contributed by atoms with E-state index in [1.54, 1.807) is 44.4 Å². The minimum absolute atomic E-state index is 0.0280. The maximum absolute atomic E-state index is 12.5. The lowest BCUT2D eigenvalue weighted by molar-refractivity contribution is 0.0468. The average molecular weight is 404 g/mol. The lowest BCUT2D eigenvalue weighted by Crippen LogP contribution is -2.10. The molecule has 0 spiro atoms. The monoisotopic (exact) mass is 403 g/mol. The Balaban J connectivity index is 1.82. The average Bonchev–Trinajstić information content (AvgIpc) is 2.70.